The van der Waals surface area contributed by atoms with Crippen molar-refractivity contribution in [1.29, 1.82) is 0 Å². The number of carbonyl (C=O) groups excluding carboxylic acids is 3. The van der Waals surface area contributed by atoms with Gasteiger partial charge in [0.1, 0.15) is 11.5 Å². The van der Waals surface area contributed by atoms with Crippen LogP contribution in [0, 0.1) is 11.8 Å². The van der Waals surface area contributed by atoms with Crippen molar-refractivity contribution in [2.45, 2.75) is 40.5 Å². The Morgan fingerprint density at radius 1 is 0.966 bits per heavy atom. The first-order chi connectivity index (χ1) is 13.9. The predicted octanol–water partition coefficient (Wildman–Crippen LogP) is 4.46. The van der Waals surface area contributed by atoms with E-state index in [0.29, 0.717) is 23.5 Å². The molecule has 0 aliphatic carbocycles. The number of furan rings is 1. The standard InChI is InChI=1S/C23H28O6/c1-5-27-22(25)19(23(26)28-6-2)14-17-13-18(20(24)12-15(3)4)21(29-17)16-10-8-7-9-11-16/h7-11,13,15,19H,5-6,12,14H2,1-4H3. The Morgan fingerprint density at radius 3 is 2.07 bits per heavy atom. The minimum Gasteiger partial charge on any atom is -0.465 e. The molecule has 0 spiro atoms. The lowest BCUT2D eigenvalue weighted by atomic mass is 9.98. The molecule has 156 valence electrons. The summed E-state index contributed by atoms with van der Waals surface area (Å²) in [6.07, 6.45) is 0.338. The molecule has 6 nitrogen and oxygen atoms in total. The van der Waals surface area contributed by atoms with Crippen molar-refractivity contribution in [2.75, 3.05) is 13.2 Å². The van der Waals surface area contributed by atoms with Gasteiger partial charge in [-0.05, 0) is 25.8 Å². The van der Waals surface area contributed by atoms with Crippen LogP contribution < -0.4 is 0 Å². The van der Waals surface area contributed by atoms with E-state index in [9.17, 15) is 14.4 Å². The van der Waals surface area contributed by atoms with E-state index >= 15 is 0 Å². The van der Waals surface area contributed by atoms with Crippen LogP contribution >= 0.6 is 0 Å². The summed E-state index contributed by atoms with van der Waals surface area (Å²) in [5.74, 6) is -1.52. The largest absolute Gasteiger partial charge is 0.465 e. The van der Waals surface area contributed by atoms with Gasteiger partial charge in [0.2, 0.25) is 0 Å². The van der Waals surface area contributed by atoms with Gasteiger partial charge in [-0.2, -0.15) is 0 Å². The SMILES string of the molecule is CCOC(=O)C(Cc1cc(C(=O)CC(C)C)c(-c2ccccc2)o1)C(=O)OCC. The van der Waals surface area contributed by atoms with Gasteiger partial charge in [-0.15, -0.1) is 0 Å². The zero-order valence-electron chi connectivity index (χ0n) is 17.4. The number of hydrogen-bond acceptors (Lipinski definition) is 6. The van der Waals surface area contributed by atoms with Gasteiger partial charge in [-0.3, -0.25) is 14.4 Å². The smallest absolute Gasteiger partial charge is 0.320 e. The fraction of sp³-hybridized carbons (Fsp3) is 0.435. The van der Waals surface area contributed by atoms with E-state index in [0.717, 1.165) is 5.56 Å². The number of hydrogen-bond donors (Lipinski definition) is 0. The van der Waals surface area contributed by atoms with Crippen molar-refractivity contribution in [3.63, 3.8) is 0 Å². The monoisotopic (exact) mass is 400 g/mol. The average Bonchev–Trinajstić information content (AvgIpc) is 3.11. The lowest BCUT2D eigenvalue weighted by molar-refractivity contribution is -0.161. The number of benzene rings is 1. The lowest BCUT2D eigenvalue weighted by Crippen LogP contribution is -2.29. The number of esters is 2. The molecular formula is C23H28O6. The Balaban J connectivity index is 2.41. The van der Waals surface area contributed by atoms with E-state index in [1.54, 1.807) is 19.9 Å². The predicted molar refractivity (Wildman–Crippen MR) is 108 cm³/mol. The topological polar surface area (TPSA) is 82.8 Å². The molecule has 0 N–H and O–H groups in total. The zero-order valence-corrected chi connectivity index (χ0v) is 17.4. The van der Waals surface area contributed by atoms with Gasteiger partial charge in [0, 0.05) is 18.4 Å². The van der Waals surface area contributed by atoms with Gasteiger partial charge in [-0.25, -0.2) is 0 Å². The van der Waals surface area contributed by atoms with Gasteiger partial charge in [0.15, 0.2) is 11.7 Å². The molecule has 0 fully saturated rings. The Labute approximate surface area is 171 Å². The summed E-state index contributed by atoms with van der Waals surface area (Å²) in [6, 6.07) is 10.9. The van der Waals surface area contributed by atoms with E-state index in [2.05, 4.69) is 0 Å². The van der Waals surface area contributed by atoms with E-state index in [1.165, 1.54) is 0 Å². The van der Waals surface area contributed by atoms with Crippen LogP contribution in [0.15, 0.2) is 40.8 Å². The van der Waals surface area contributed by atoms with Crippen molar-refractivity contribution in [3.05, 3.63) is 47.7 Å². The molecule has 0 aliphatic heterocycles. The van der Waals surface area contributed by atoms with Crippen LogP contribution in [0.1, 0.15) is 50.2 Å². The molecule has 0 saturated carbocycles. The molecule has 1 aromatic carbocycles. The Hall–Kier alpha value is -2.89. The van der Waals surface area contributed by atoms with Crippen molar-refractivity contribution in [2.24, 2.45) is 11.8 Å². The van der Waals surface area contributed by atoms with Gasteiger partial charge in [0.25, 0.3) is 0 Å². The Bertz CT molecular complexity index is 816. The van der Waals surface area contributed by atoms with Gasteiger partial charge in [-0.1, -0.05) is 44.2 Å². The van der Waals surface area contributed by atoms with Crippen molar-refractivity contribution >= 4 is 17.7 Å². The highest BCUT2D eigenvalue weighted by Crippen LogP contribution is 2.30. The molecule has 0 bridgehead atoms. The molecule has 1 aromatic heterocycles. The maximum atomic E-state index is 12.8. The second kappa shape index (κ2) is 10.6. The van der Waals surface area contributed by atoms with E-state index in [1.807, 2.05) is 44.2 Å². The summed E-state index contributed by atoms with van der Waals surface area (Å²) >= 11 is 0. The number of ether oxygens (including phenoxy) is 2. The van der Waals surface area contributed by atoms with Crippen molar-refractivity contribution in [3.8, 4) is 11.3 Å². The molecular weight excluding hydrogens is 372 g/mol. The molecule has 0 amide bonds. The van der Waals surface area contributed by atoms with Crippen LogP contribution in [0.5, 0.6) is 0 Å². The zero-order chi connectivity index (χ0) is 21.4. The Morgan fingerprint density at radius 2 is 1.55 bits per heavy atom. The third-order valence-electron chi connectivity index (χ3n) is 4.26. The third kappa shape index (κ3) is 6.04. The van der Waals surface area contributed by atoms with Crippen LogP contribution in [-0.4, -0.2) is 30.9 Å². The first-order valence-electron chi connectivity index (χ1n) is 9.91. The quantitative estimate of drug-likeness (QED) is 0.333. The minimum atomic E-state index is -1.14. The molecule has 0 atom stereocenters. The van der Waals surface area contributed by atoms with Crippen LogP contribution in [0.3, 0.4) is 0 Å². The first-order valence-corrected chi connectivity index (χ1v) is 9.91. The molecule has 1 heterocycles. The van der Waals surface area contributed by atoms with E-state index < -0.39 is 17.9 Å². The normalized spacial score (nSPS) is 11.0. The maximum absolute atomic E-state index is 12.8. The second-order valence-corrected chi connectivity index (χ2v) is 7.10. The van der Waals surface area contributed by atoms with E-state index in [4.69, 9.17) is 13.9 Å². The van der Waals surface area contributed by atoms with Gasteiger partial charge >= 0.3 is 11.9 Å². The van der Waals surface area contributed by atoms with Crippen LogP contribution in [0.2, 0.25) is 0 Å². The highest BCUT2D eigenvalue weighted by Gasteiger charge is 2.32. The van der Waals surface area contributed by atoms with E-state index in [-0.39, 0.29) is 31.3 Å². The highest BCUT2D eigenvalue weighted by atomic mass is 16.6. The van der Waals surface area contributed by atoms with Crippen LogP contribution in [-0.2, 0) is 25.5 Å². The average molecular weight is 400 g/mol. The fourth-order valence-corrected chi connectivity index (χ4v) is 2.98. The van der Waals surface area contributed by atoms with Crippen LogP contribution in [0.4, 0.5) is 0 Å². The third-order valence-corrected chi connectivity index (χ3v) is 4.26. The summed E-state index contributed by atoms with van der Waals surface area (Å²) in [4.78, 5) is 37.3. The summed E-state index contributed by atoms with van der Waals surface area (Å²) in [7, 11) is 0. The second-order valence-electron chi connectivity index (χ2n) is 7.10. The van der Waals surface area contributed by atoms with Crippen molar-refractivity contribution in [1.82, 2.24) is 0 Å². The number of Topliss-reactive ketones (excluding diaryl/α,β-unsaturated/α-hetero) is 1. The van der Waals surface area contributed by atoms with Crippen molar-refractivity contribution < 1.29 is 28.3 Å². The maximum Gasteiger partial charge on any atom is 0.320 e. The molecule has 29 heavy (non-hydrogen) atoms. The summed E-state index contributed by atoms with van der Waals surface area (Å²) in [6.45, 7) is 7.59. The summed E-state index contributed by atoms with van der Waals surface area (Å²) in [5, 5.41) is 0. The fourth-order valence-electron chi connectivity index (χ4n) is 2.98. The summed E-state index contributed by atoms with van der Waals surface area (Å²) in [5.41, 5.74) is 1.21. The highest BCUT2D eigenvalue weighted by molar-refractivity contribution is 6.01. The molecule has 2 rings (SSSR count). The van der Waals surface area contributed by atoms with Crippen LogP contribution in [0.25, 0.3) is 11.3 Å². The number of carbonyl (C=O) groups is 3. The molecule has 0 aliphatic rings. The number of ketones is 1. The minimum absolute atomic E-state index is 0.0353. The first kappa shape index (κ1) is 22.4. The van der Waals surface area contributed by atoms with Gasteiger partial charge in [0.05, 0.1) is 18.8 Å². The molecule has 0 radical (unpaired) electrons. The lowest BCUT2D eigenvalue weighted by Gasteiger charge is -2.13. The summed E-state index contributed by atoms with van der Waals surface area (Å²) < 4.78 is 16.0. The molecule has 6 heteroatoms. The Kier molecular flexibility index (Phi) is 8.19. The number of rotatable bonds is 10. The molecule has 2 aromatic rings. The van der Waals surface area contributed by atoms with Gasteiger partial charge < -0.3 is 13.9 Å². The molecule has 0 unspecified atom stereocenters. The molecule has 0 saturated heterocycles.